The topological polar surface area (TPSA) is 66.3 Å². The second kappa shape index (κ2) is 6.54. The average molecular weight is 309 g/mol. The van der Waals surface area contributed by atoms with E-state index in [0.29, 0.717) is 5.69 Å². The number of nitrogens with zero attached hydrogens (tertiary/aromatic N) is 1. The van der Waals surface area contributed by atoms with E-state index in [1.54, 1.807) is 0 Å². The number of aliphatic hydroxyl groups excluding tert-OH is 1. The minimum atomic E-state index is -0.435. The van der Waals surface area contributed by atoms with Gasteiger partial charge in [0.25, 0.3) is 0 Å². The number of aliphatic hydroxyl groups is 1. The van der Waals surface area contributed by atoms with E-state index < -0.39 is 6.04 Å². The van der Waals surface area contributed by atoms with Gasteiger partial charge in [-0.15, -0.1) is 0 Å². The minimum Gasteiger partial charge on any atom is -0.394 e. The molecule has 1 heterocycles. The Morgan fingerprint density at radius 2 is 1.96 bits per heavy atom. The second-order valence-electron chi connectivity index (χ2n) is 5.44. The molecule has 3 rings (SSSR count). The largest absolute Gasteiger partial charge is 0.394 e. The Labute approximate surface area is 134 Å². The molecule has 23 heavy (non-hydrogen) atoms. The summed E-state index contributed by atoms with van der Waals surface area (Å²) in [6.45, 7) is -0.158. The van der Waals surface area contributed by atoms with Gasteiger partial charge < -0.3 is 20.3 Å². The normalized spacial score (nSPS) is 12.1. The fourth-order valence-electron chi connectivity index (χ4n) is 2.59. The van der Waals surface area contributed by atoms with Gasteiger partial charge >= 0.3 is 6.03 Å². The number of benzene rings is 2. The Kier molecular flexibility index (Phi) is 4.30. The summed E-state index contributed by atoms with van der Waals surface area (Å²) < 4.78 is 2.00. The maximum absolute atomic E-state index is 12.2. The summed E-state index contributed by atoms with van der Waals surface area (Å²) in [4.78, 5) is 12.2. The van der Waals surface area contributed by atoms with E-state index in [1.165, 1.54) is 0 Å². The fourth-order valence-corrected chi connectivity index (χ4v) is 2.59. The lowest BCUT2D eigenvalue weighted by Gasteiger charge is -2.17. The summed E-state index contributed by atoms with van der Waals surface area (Å²) >= 11 is 0. The number of urea groups is 1. The lowest BCUT2D eigenvalue weighted by Crippen LogP contribution is -2.34. The van der Waals surface area contributed by atoms with Gasteiger partial charge in [0.15, 0.2) is 0 Å². The highest BCUT2D eigenvalue weighted by molar-refractivity contribution is 5.93. The smallest absolute Gasteiger partial charge is 0.319 e. The van der Waals surface area contributed by atoms with Crippen LogP contribution in [0.25, 0.3) is 10.9 Å². The van der Waals surface area contributed by atoms with E-state index in [-0.39, 0.29) is 12.6 Å². The monoisotopic (exact) mass is 309 g/mol. The second-order valence-corrected chi connectivity index (χ2v) is 5.44. The SMILES string of the molecule is Cn1ccc2ccc(NC(=O)N[C@H](CO)c3ccccc3)cc21. The molecular formula is C18H19N3O2. The standard InChI is InChI=1S/C18H19N3O2/c1-21-10-9-14-7-8-15(11-17(14)21)19-18(23)20-16(12-22)13-5-3-2-4-6-13/h2-11,16,22H,12H2,1H3,(H2,19,20,23)/t16-/m1/s1. The predicted octanol–water partition coefficient (Wildman–Crippen LogP) is 3.03. The van der Waals surface area contributed by atoms with Crippen LogP contribution in [0.15, 0.2) is 60.8 Å². The summed E-state index contributed by atoms with van der Waals surface area (Å²) in [6.07, 6.45) is 1.98. The van der Waals surface area contributed by atoms with Crippen molar-refractivity contribution in [1.29, 1.82) is 0 Å². The number of rotatable bonds is 4. The Morgan fingerprint density at radius 1 is 1.17 bits per heavy atom. The minimum absolute atomic E-state index is 0.158. The van der Waals surface area contributed by atoms with Crippen molar-refractivity contribution in [2.75, 3.05) is 11.9 Å². The molecule has 0 unspecified atom stereocenters. The number of carbonyl (C=O) groups is 1. The first kappa shape index (κ1) is 15.1. The highest BCUT2D eigenvalue weighted by Crippen LogP contribution is 2.20. The van der Waals surface area contributed by atoms with Crippen LogP contribution in [-0.2, 0) is 7.05 Å². The average Bonchev–Trinajstić information content (AvgIpc) is 2.94. The molecule has 118 valence electrons. The molecule has 0 aliphatic carbocycles. The molecule has 1 atom stereocenters. The number of carbonyl (C=O) groups excluding carboxylic acids is 1. The van der Waals surface area contributed by atoms with Crippen LogP contribution in [0.5, 0.6) is 0 Å². The Morgan fingerprint density at radius 3 is 2.70 bits per heavy atom. The van der Waals surface area contributed by atoms with Crippen LogP contribution in [0.3, 0.4) is 0 Å². The van der Waals surface area contributed by atoms with Crippen LogP contribution in [-0.4, -0.2) is 22.3 Å². The van der Waals surface area contributed by atoms with Crippen LogP contribution in [0.4, 0.5) is 10.5 Å². The number of hydrogen-bond acceptors (Lipinski definition) is 2. The zero-order valence-electron chi connectivity index (χ0n) is 12.9. The third-order valence-corrected chi connectivity index (χ3v) is 3.84. The fraction of sp³-hybridized carbons (Fsp3) is 0.167. The van der Waals surface area contributed by atoms with Crippen LogP contribution < -0.4 is 10.6 Å². The van der Waals surface area contributed by atoms with Crippen molar-refractivity contribution in [2.24, 2.45) is 7.05 Å². The molecule has 2 amide bonds. The highest BCUT2D eigenvalue weighted by atomic mass is 16.3. The molecule has 5 heteroatoms. The van der Waals surface area contributed by atoms with E-state index in [9.17, 15) is 9.90 Å². The molecule has 0 spiro atoms. The van der Waals surface area contributed by atoms with Gasteiger partial charge in [-0.1, -0.05) is 36.4 Å². The summed E-state index contributed by atoms with van der Waals surface area (Å²) in [7, 11) is 1.96. The van der Waals surface area contributed by atoms with Crippen molar-refractivity contribution < 1.29 is 9.90 Å². The number of anilines is 1. The third kappa shape index (κ3) is 3.35. The summed E-state index contributed by atoms with van der Waals surface area (Å²) in [5, 5.41) is 16.2. The zero-order valence-corrected chi connectivity index (χ0v) is 12.9. The van der Waals surface area contributed by atoms with E-state index >= 15 is 0 Å². The van der Waals surface area contributed by atoms with Crippen molar-refractivity contribution >= 4 is 22.6 Å². The van der Waals surface area contributed by atoms with E-state index in [2.05, 4.69) is 10.6 Å². The van der Waals surface area contributed by atoms with Crippen molar-refractivity contribution in [2.45, 2.75) is 6.04 Å². The van der Waals surface area contributed by atoms with Crippen molar-refractivity contribution in [3.05, 3.63) is 66.4 Å². The maximum Gasteiger partial charge on any atom is 0.319 e. The Bertz CT molecular complexity index is 812. The lowest BCUT2D eigenvalue weighted by atomic mass is 10.1. The number of fused-ring (bicyclic) bond motifs is 1. The van der Waals surface area contributed by atoms with E-state index in [0.717, 1.165) is 16.5 Å². The van der Waals surface area contributed by atoms with Crippen LogP contribution in [0.1, 0.15) is 11.6 Å². The summed E-state index contributed by atoms with van der Waals surface area (Å²) in [6, 6.07) is 16.4. The number of aryl methyl sites for hydroxylation is 1. The van der Waals surface area contributed by atoms with Gasteiger partial charge in [0.2, 0.25) is 0 Å². The van der Waals surface area contributed by atoms with Crippen molar-refractivity contribution in [3.8, 4) is 0 Å². The molecule has 2 aromatic carbocycles. The molecular weight excluding hydrogens is 290 g/mol. The summed E-state index contributed by atoms with van der Waals surface area (Å²) in [5.74, 6) is 0. The predicted molar refractivity (Wildman–Crippen MR) is 91.3 cm³/mol. The lowest BCUT2D eigenvalue weighted by molar-refractivity contribution is 0.225. The van der Waals surface area contributed by atoms with Gasteiger partial charge in [-0.2, -0.15) is 0 Å². The third-order valence-electron chi connectivity index (χ3n) is 3.84. The molecule has 0 aliphatic heterocycles. The van der Waals surface area contributed by atoms with Crippen LogP contribution in [0, 0.1) is 0 Å². The van der Waals surface area contributed by atoms with Gasteiger partial charge in [-0.3, -0.25) is 0 Å². The molecule has 0 aliphatic rings. The number of amides is 2. The van der Waals surface area contributed by atoms with Gasteiger partial charge in [0.05, 0.1) is 12.6 Å². The number of hydrogen-bond donors (Lipinski definition) is 3. The molecule has 0 fully saturated rings. The molecule has 0 radical (unpaired) electrons. The summed E-state index contributed by atoms with van der Waals surface area (Å²) in [5.41, 5.74) is 2.62. The molecule has 3 aromatic rings. The van der Waals surface area contributed by atoms with E-state index in [4.69, 9.17) is 0 Å². The first-order valence-electron chi connectivity index (χ1n) is 7.46. The Balaban J connectivity index is 1.71. The van der Waals surface area contributed by atoms with Gasteiger partial charge in [0.1, 0.15) is 0 Å². The number of nitrogens with one attached hydrogen (secondary N) is 2. The highest BCUT2D eigenvalue weighted by Gasteiger charge is 2.13. The molecule has 5 nitrogen and oxygen atoms in total. The first-order valence-corrected chi connectivity index (χ1v) is 7.46. The van der Waals surface area contributed by atoms with Gasteiger partial charge in [-0.05, 0) is 29.1 Å². The molecule has 1 aromatic heterocycles. The molecule has 0 saturated heterocycles. The molecule has 0 saturated carbocycles. The van der Waals surface area contributed by atoms with Gasteiger partial charge in [-0.25, -0.2) is 4.79 Å². The maximum atomic E-state index is 12.2. The first-order chi connectivity index (χ1) is 11.2. The van der Waals surface area contributed by atoms with Crippen molar-refractivity contribution in [3.63, 3.8) is 0 Å². The van der Waals surface area contributed by atoms with E-state index in [1.807, 2.05) is 72.4 Å². The Hall–Kier alpha value is -2.79. The molecule has 3 N–H and O–H groups in total. The zero-order chi connectivity index (χ0) is 16.2. The molecule has 0 bridgehead atoms. The van der Waals surface area contributed by atoms with Crippen LogP contribution >= 0.6 is 0 Å². The van der Waals surface area contributed by atoms with Gasteiger partial charge in [0, 0.05) is 24.4 Å². The number of aromatic nitrogens is 1. The van der Waals surface area contributed by atoms with Crippen LogP contribution in [0.2, 0.25) is 0 Å². The quantitative estimate of drug-likeness (QED) is 0.693. The van der Waals surface area contributed by atoms with Crippen molar-refractivity contribution in [1.82, 2.24) is 9.88 Å².